The zero-order valence-corrected chi connectivity index (χ0v) is 38.6. The molecule has 9 aromatic rings. The Morgan fingerprint density at radius 2 is 0.825 bits per heavy atom. The van der Waals surface area contributed by atoms with Gasteiger partial charge in [0.15, 0.2) is 0 Å². The first-order chi connectivity index (χ1) is 30.1. The molecule has 0 fully saturated rings. The van der Waals surface area contributed by atoms with Crippen molar-refractivity contribution in [3.05, 3.63) is 203 Å². The molecule has 0 unspecified atom stereocenters. The van der Waals surface area contributed by atoms with Crippen LogP contribution in [-0.4, -0.2) is 0 Å². The lowest BCUT2D eigenvalue weighted by atomic mass is 9.49. The second kappa shape index (κ2) is 14.7. The number of para-hydroxylation sites is 2. The van der Waals surface area contributed by atoms with Gasteiger partial charge in [0.05, 0.1) is 0 Å². The summed E-state index contributed by atoms with van der Waals surface area (Å²) in [5, 5.41) is 7.72. The molecule has 0 aliphatic heterocycles. The fourth-order valence-electron chi connectivity index (χ4n) is 12.0. The SMILES string of the molecule is Cc1cc(C)cc(N(c2ccccc2)c2ccc3cc4c(cc3c2)C(C(C)(C)C)(C(C)(C)C)c2c-4c3ccccc3c3cc(N(c4ccccc4)c4cc(C)cc(C)c4)ccc23)c1. The maximum absolute atomic E-state index is 2.57. The normalized spacial score (nSPS) is 13.4. The highest BCUT2D eigenvalue weighted by Gasteiger charge is 2.58. The number of aryl methyl sites for hydroxylation is 4. The van der Waals surface area contributed by atoms with Crippen molar-refractivity contribution in [1.29, 1.82) is 0 Å². The number of hydrogen-bond acceptors (Lipinski definition) is 2. The van der Waals surface area contributed by atoms with E-state index in [1.807, 2.05) is 0 Å². The van der Waals surface area contributed by atoms with Crippen LogP contribution in [0.25, 0.3) is 43.4 Å². The molecule has 2 heteroatoms. The van der Waals surface area contributed by atoms with Gasteiger partial charge in [0.2, 0.25) is 0 Å². The first kappa shape index (κ1) is 40.4. The summed E-state index contributed by atoms with van der Waals surface area (Å²) in [5.41, 5.74) is 16.9. The molecule has 0 atom stereocenters. The Morgan fingerprint density at radius 1 is 0.349 bits per heavy atom. The van der Waals surface area contributed by atoms with Crippen LogP contribution in [0.4, 0.5) is 34.1 Å². The van der Waals surface area contributed by atoms with E-state index in [0.717, 1.165) is 22.7 Å². The maximum Gasteiger partial charge on any atom is 0.0468 e. The van der Waals surface area contributed by atoms with Crippen molar-refractivity contribution in [3.63, 3.8) is 0 Å². The molecule has 10 rings (SSSR count). The predicted molar refractivity (Wildman–Crippen MR) is 272 cm³/mol. The summed E-state index contributed by atoms with van der Waals surface area (Å²) in [4.78, 5) is 4.84. The highest BCUT2D eigenvalue weighted by Crippen LogP contribution is 2.68. The number of nitrogens with zero attached hydrogens (tertiary/aromatic N) is 2. The molecule has 9 aromatic carbocycles. The van der Waals surface area contributed by atoms with E-state index >= 15 is 0 Å². The van der Waals surface area contributed by atoms with Crippen LogP contribution in [-0.2, 0) is 5.41 Å². The number of anilines is 6. The minimum absolute atomic E-state index is 0.158. The molecule has 63 heavy (non-hydrogen) atoms. The van der Waals surface area contributed by atoms with Crippen molar-refractivity contribution in [2.24, 2.45) is 10.8 Å². The largest absolute Gasteiger partial charge is 0.310 e. The number of benzene rings is 9. The molecule has 0 saturated carbocycles. The van der Waals surface area contributed by atoms with Crippen LogP contribution in [0.1, 0.15) is 74.9 Å². The molecule has 312 valence electrons. The standard InChI is InChI=1S/C61H58N2/c1-39-29-40(2)32-49(31-39)62(45-19-13-11-14-20-45)47-26-25-43-36-55-56(37-44(43)35-47)61(59(5,6)7,60(8,9)10)58-53-28-27-48(38-54(53)51-23-17-18-24-52(51)57(55)58)63(46-21-15-12-16-22-46)50-33-41(3)30-42(4)34-50/h11-38H,1-10H3. The number of fused-ring (bicyclic) bond motifs is 9. The van der Waals surface area contributed by atoms with Gasteiger partial charge in [-0.3, -0.25) is 0 Å². The quantitative estimate of drug-likeness (QED) is 0.154. The third kappa shape index (κ3) is 6.45. The zero-order chi connectivity index (χ0) is 44.0. The Bertz CT molecular complexity index is 3180. The molecular weight excluding hydrogens is 761 g/mol. The Kier molecular flexibility index (Phi) is 9.46. The molecule has 2 nitrogen and oxygen atoms in total. The fourth-order valence-corrected chi connectivity index (χ4v) is 12.0. The summed E-state index contributed by atoms with van der Waals surface area (Å²) in [6.07, 6.45) is 0. The molecule has 0 amide bonds. The lowest BCUT2D eigenvalue weighted by Gasteiger charge is -2.53. The molecule has 0 radical (unpaired) electrons. The van der Waals surface area contributed by atoms with Crippen LogP contribution in [0, 0.1) is 38.5 Å². The minimum atomic E-state index is -0.349. The van der Waals surface area contributed by atoms with Crippen molar-refractivity contribution in [3.8, 4) is 11.1 Å². The number of hydrogen-bond donors (Lipinski definition) is 0. The topological polar surface area (TPSA) is 6.48 Å². The van der Waals surface area contributed by atoms with E-state index in [0.29, 0.717) is 0 Å². The van der Waals surface area contributed by atoms with Crippen LogP contribution in [0.15, 0.2) is 170 Å². The Hall–Kier alpha value is -6.64. The van der Waals surface area contributed by atoms with Crippen molar-refractivity contribution in [2.75, 3.05) is 9.80 Å². The van der Waals surface area contributed by atoms with Crippen molar-refractivity contribution >= 4 is 66.4 Å². The fraction of sp³-hybridized carbons (Fsp3) is 0.213. The van der Waals surface area contributed by atoms with E-state index in [-0.39, 0.29) is 16.2 Å². The van der Waals surface area contributed by atoms with E-state index in [2.05, 4.69) is 249 Å². The van der Waals surface area contributed by atoms with Crippen LogP contribution in [0.3, 0.4) is 0 Å². The molecular formula is C61H58N2. The van der Waals surface area contributed by atoms with Gasteiger partial charge in [-0.25, -0.2) is 0 Å². The second-order valence-corrected chi connectivity index (χ2v) is 20.2. The Balaban J connectivity index is 1.26. The molecule has 1 aliphatic rings. The molecule has 0 heterocycles. The van der Waals surface area contributed by atoms with Crippen LogP contribution < -0.4 is 9.80 Å². The van der Waals surface area contributed by atoms with Gasteiger partial charge in [0, 0.05) is 39.5 Å². The minimum Gasteiger partial charge on any atom is -0.310 e. The molecule has 0 saturated heterocycles. The highest BCUT2D eigenvalue weighted by molar-refractivity contribution is 6.20. The summed E-state index contributed by atoms with van der Waals surface area (Å²) in [5.74, 6) is 0. The van der Waals surface area contributed by atoms with Gasteiger partial charge in [-0.15, -0.1) is 0 Å². The molecule has 0 spiro atoms. The summed E-state index contributed by atoms with van der Waals surface area (Å²) in [6, 6.07) is 64.0. The summed E-state index contributed by atoms with van der Waals surface area (Å²) >= 11 is 0. The van der Waals surface area contributed by atoms with Gasteiger partial charge in [-0.05, 0) is 200 Å². The van der Waals surface area contributed by atoms with E-state index in [4.69, 9.17) is 0 Å². The highest BCUT2D eigenvalue weighted by atomic mass is 15.1. The maximum atomic E-state index is 2.57. The lowest BCUT2D eigenvalue weighted by Crippen LogP contribution is -2.50. The predicted octanol–water partition coefficient (Wildman–Crippen LogP) is 17.7. The van der Waals surface area contributed by atoms with Crippen molar-refractivity contribution in [1.82, 2.24) is 0 Å². The average molecular weight is 819 g/mol. The first-order valence-corrected chi connectivity index (χ1v) is 22.6. The molecule has 0 N–H and O–H groups in total. The van der Waals surface area contributed by atoms with Crippen molar-refractivity contribution < 1.29 is 0 Å². The molecule has 1 aliphatic carbocycles. The van der Waals surface area contributed by atoms with Gasteiger partial charge < -0.3 is 9.80 Å². The van der Waals surface area contributed by atoms with Gasteiger partial charge in [-0.1, -0.05) is 126 Å². The van der Waals surface area contributed by atoms with Crippen LogP contribution >= 0.6 is 0 Å². The van der Waals surface area contributed by atoms with Crippen LogP contribution in [0.5, 0.6) is 0 Å². The second-order valence-electron chi connectivity index (χ2n) is 20.2. The smallest absolute Gasteiger partial charge is 0.0468 e. The van der Waals surface area contributed by atoms with Gasteiger partial charge in [-0.2, -0.15) is 0 Å². The van der Waals surface area contributed by atoms with Crippen LogP contribution in [0.2, 0.25) is 0 Å². The van der Waals surface area contributed by atoms with Crippen molar-refractivity contribution in [2.45, 2.75) is 74.7 Å². The van der Waals surface area contributed by atoms with Gasteiger partial charge in [0.1, 0.15) is 0 Å². The van der Waals surface area contributed by atoms with E-state index in [1.165, 1.54) is 88.2 Å². The Morgan fingerprint density at radius 3 is 1.35 bits per heavy atom. The summed E-state index contributed by atoms with van der Waals surface area (Å²) in [7, 11) is 0. The lowest BCUT2D eigenvalue weighted by molar-refractivity contribution is 0.0965. The van der Waals surface area contributed by atoms with E-state index < -0.39 is 0 Å². The monoisotopic (exact) mass is 818 g/mol. The third-order valence-corrected chi connectivity index (χ3v) is 13.7. The summed E-state index contributed by atoms with van der Waals surface area (Å²) in [6.45, 7) is 23.6. The first-order valence-electron chi connectivity index (χ1n) is 22.6. The average Bonchev–Trinajstić information content (AvgIpc) is 3.55. The zero-order valence-electron chi connectivity index (χ0n) is 38.6. The van der Waals surface area contributed by atoms with E-state index in [9.17, 15) is 0 Å². The number of rotatable bonds is 6. The summed E-state index contributed by atoms with van der Waals surface area (Å²) < 4.78 is 0. The van der Waals surface area contributed by atoms with E-state index in [1.54, 1.807) is 0 Å². The molecule has 0 bridgehead atoms. The Labute approximate surface area is 374 Å². The third-order valence-electron chi connectivity index (χ3n) is 13.7. The molecule has 0 aromatic heterocycles. The van der Waals surface area contributed by atoms with Gasteiger partial charge >= 0.3 is 0 Å². The van der Waals surface area contributed by atoms with Gasteiger partial charge in [0.25, 0.3) is 0 Å².